The molecule has 2 aliphatic rings. The van der Waals surface area contributed by atoms with E-state index in [1.54, 1.807) is 7.11 Å². The first-order chi connectivity index (χ1) is 13.6. The van der Waals surface area contributed by atoms with E-state index in [4.69, 9.17) is 4.74 Å². The Balaban J connectivity index is 1.68. The van der Waals surface area contributed by atoms with Crippen LogP contribution < -0.4 is 15.5 Å². The molecule has 0 aliphatic carbocycles. The molecule has 1 aromatic carbocycles. The van der Waals surface area contributed by atoms with Gasteiger partial charge in [0.1, 0.15) is 0 Å². The standard InChI is InChI=1S/C21H32N4O3/c1-24-10-5-6-16-14-17(7-8-18(16)24)19(25-11-3-4-12-25)15-23-21(27)20(26)22-9-13-28-2/h7-8,14,19H,3-6,9-13,15H2,1-2H3,(H,22,26)(H,23,27)/t19-/m1/s1. The molecular formula is C21H32N4O3. The lowest BCUT2D eigenvalue weighted by Gasteiger charge is -2.31. The molecule has 2 heterocycles. The summed E-state index contributed by atoms with van der Waals surface area (Å²) >= 11 is 0. The number of amides is 2. The minimum absolute atomic E-state index is 0.0933. The second kappa shape index (κ2) is 9.89. The van der Waals surface area contributed by atoms with Crippen molar-refractivity contribution in [2.24, 2.45) is 0 Å². The summed E-state index contributed by atoms with van der Waals surface area (Å²) in [6, 6.07) is 6.76. The smallest absolute Gasteiger partial charge is 0.309 e. The van der Waals surface area contributed by atoms with Crippen molar-refractivity contribution in [3.05, 3.63) is 29.3 Å². The molecule has 0 unspecified atom stereocenters. The van der Waals surface area contributed by atoms with Gasteiger partial charge in [0.05, 0.1) is 12.6 Å². The van der Waals surface area contributed by atoms with Gasteiger partial charge < -0.3 is 20.3 Å². The minimum Gasteiger partial charge on any atom is -0.383 e. The van der Waals surface area contributed by atoms with E-state index in [-0.39, 0.29) is 6.04 Å². The van der Waals surface area contributed by atoms with Crippen LogP contribution in [-0.4, -0.2) is 70.2 Å². The second-order valence-corrected chi connectivity index (χ2v) is 7.63. The highest BCUT2D eigenvalue weighted by atomic mass is 16.5. The number of aryl methyl sites for hydroxylation is 1. The molecule has 154 valence electrons. The number of carbonyl (C=O) groups excluding carboxylic acids is 2. The van der Waals surface area contributed by atoms with Crippen molar-refractivity contribution in [2.75, 3.05) is 58.4 Å². The maximum Gasteiger partial charge on any atom is 0.309 e. The molecule has 3 rings (SSSR count). The zero-order valence-corrected chi connectivity index (χ0v) is 17.0. The molecule has 1 saturated heterocycles. The van der Waals surface area contributed by atoms with Crippen LogP contribution >= 0.6 is 0 Å². The summed E-state index contributed by atoms with van der Waals surface area (Å²) in [5.41, 5.74) is 3.90. The second-order valence-electron chi connectivity index (χ2n) is 7.63. The first kappa shape index (κ1) is 20.6. The molecule has 0 radical (unpaired) electrons. The number of hydrogen-bond donors (Lipinski definition) is 2. The predicted octanol–water partition coefficient (Wildman–Crippen LogP) is 1.08. The molecule has 0 bridgehead atoms. The summed E-state index contributed by atoms with van der Waals surface area (Å²) in [5, 5.41) is 5.40. The number of benzene rings is 1. The molecule has 0 saturated carbocycles. The van der Waals surface area contributed by atoms with Crippen LogP contribution in [0.2, 0.25) is 0 Å². The molecule has 2 amide bonds. The monoisotopic (exact) mass is 388 g/mol. The van der Waals surface area contributed by atoms with Crippen LogP contribution in [0.1, 0.15) is 36.4 Å². The number of fused-ring (bicyclic) bond motifs is 1. The summed E-state index contributed by atoms with van der Waals surface area (Å²) in [5.74, 6) is -1.19. The third-order valence-corrected chi connectivity index (χ3v) is 5.67. The van der Waals surface area contributed by atoms with Crippen molar-refractivity contribution in [2.45, 2.75) is 31.7 Å². The van der Waals surface area contributed by atoms with Gasteiger partial charge in [-0.3, -0.25) is 14.5 Å². The topological polar surface area (TPSA) is 73.9 Å². The van der Waals surface area contributed by atoms with Crippen LogP contribution in [0.3, 0.4) is 0 Å². The van der Waals surface area contributed by atoms with Crippen LogP contribution in [0.5, 0.6) is 0 Å². The number of anilines is 1. The number of carbonyl (C=O) groups is 2. The zero-order chi connectivity index (χ0) is 19.9. The van der Waals surface area contributed by atoms with Crippen LogP contribution in [-0.2, 0) is 20.7 Å². The van der Waals surface area contributed by atoms with Crippen molar-refractivity contribution < 1.29 is 14.3 Å². The van der Waals surface area contributed by atoms with Crippen molar-refractivity contribution in [3.8, 4) is 0 Å². The highest BCUT2D eigenvalue weighted by molar-refractivity contribution is 6.35. The van der Waals surface area contributed by atoms with E-state index >= 15 is 0 Å². The number of rotatable bonds is 7. The fraction of sp³-hybridized carbons (Fsp3) is 0.619. The average molecular weight is 389 g/mol. The van der Waals surface area contributed by atoms with Crippen LogP contribution in [0.15, 0.2) is 18.2 Å². The van der Waals surface area contributed by atoms with Gasteiger partial charge in [0.15, 0.2) is 0 Å². The fourth-order valence-electron chi connectivity index (χ4n) is 4.14. The lowest BCUT2D eigenvalue weighted by molar-refractivity contribution is -0.139. The Morgan fingerprint density at radius 3 is 2.61 bits per heavy atom. The molecule has 1 fully saturated rings. The molecule has 7 heteroatoms. The van der Waals surface area contributed by atoms with E-state index in [0.29, 0.717) is 19.7 Å². The van der Waals surface area contributed by atoms with Gasteiger partial charge in [-0.25, -0.2) is 0 Å². The third-order valence-electron chi connectivity index (χ3n) is 5.67. The third kappa shape index (κ3) is 5.02. The SMILES string of the molecule is COCCNC(=O)C(=O)NC[C@H](c1ccc2c(c1)CCCN2C)N1CCCC1. The fourth-order valence-corrected chi connectivity index (χ4v) is 4.14. The van der Waals surface area contributed by atoms with E-state index in [2.05, 4.69) is 45.7 Å². The van der Waals surface area contributed by atoms with E-state index in [1.165, 1.54) is 36.1 Å². The lowest BCUT2D eigenvalue weighted by Crippen LogP contribution is -2.44. The van der Waals surface area contributed by atoms with Gasteiger partial charge in [-0.2, -0.15) is 0 Å². The van der Waals surface area contributed by atoms with E-state index < -0.39 is 11.8 Å². The summed E-state index contributed by atoms with van der Waals surface area (Å²) in [6.45, 7) is 4.30. The molecule has 7 nitrogen and oxygen atoms in total. The molecule has 1 atom stereocenters. The quantitative estimate of drug-likeness (QED) is 0.540. The maximum absolute atomic E-state index is 12.2. The molecule has 0 spiro atoms. The van der Waals surface area contributed by atoms with Crippen molar-refractivity contribution in [1.82, 2.24) is 15.5 Å². The summed E-state index contributed by atoms with van der Waals surface area (Å²) < 4.78 is 4.89. The van der Waals surface area contributed by atoms with E-state index in [9.17, 15) is 9.59 Å². The average Bonchev–Trinajstić information content (AvgIpc) is 3.22. The van der Waals surface area contributed by atoms with Gasteiger partial charge in [0.25, 0.3) is 0 Å². The van der Waals surface area contributed by atoms with E-state index in [1.807, 2.05) is 0 Å². The number of methoxy groups -OCH3 is 1. The highest BCUT2D eigenvalue weighted by Crippen LogP contribution is 2.31. The number of likely N-dealkylation sites (tertiary alicyclic amines) is 1. The first-order valence-corrected chi connectivity index (χ1v) is 10.2. The Kier molecular flexibility index (Phi) is 7.28. The van der Waals surface area contributed by atoms with Gasteiger partial charge in [-0.05, 0) is 56.0 Å². The molecule has 28 heavy (non-hydrogen) atoms. The normalized spacial score (nSPS) is 17.9. The van der Waals surface area contributed by atoms with Gasteiger partial charge in [0.2, 0.25) is 0 Å². The van der Waals surface area contributed by atoms with Crippen LogP contribution in [0, 0.1) is 0 Å². The molecular weight excluding hydrogens is 356 g/mol. The zero-order valence-electron chi connectivity index (χ0n) is 17.0. The first-order valence-electron chi connectivity index (χ1n) is 10.2. The van der Waals surface area contributed by atoms with Gasteiger partial charge in [-0.15, -0.1) is 0 Å². The van der Waals surface area contributed by atoms with Crippen molar-refractivity contribution in [1.29, 1.82) is 0 Å². The Morgan fingerprint density at radius 2 is 1.86 bits per heavy atom. The number of nitrogens with one attached hydrogen (secondary N) is 2. The molecule has 2 N–H and O–H groups in total. The Labute approximate surface area is 167 Å². The van der Waals surface area contributed by atoms with E-state index in [0.717, 1.165) is 26.1 Å². The summed E-state index contributed by atoms with van der Waals surface area (Å²) in [4.78, 5) is 28.8. The largest absolute Gasteiger partial charge is 0.383 e. The summed E-state index contributed by atoms with van der Waals surface area (Å²) in [7, 11) is 3.70. The highest BCUT2D eigenvalue weighted by Gasteiger charge is 2.26. The molecule has 2 aliphatic heterocycles. The van der Waals surface area contributed by atoms with Crippen LogP contribution in [0.4, 0.5) is 5.69 Å². The summed E-state index contributed by atoms with van der Waals surface area (Å²) in [6.07, 6.45) is 4.61. The number of hydrogen-bond acceptors (Lipinski definition) is 5. The maximum atomic E-state index is 12.2. The Morgan fingerprint density at radius 1 is 1.11 bits per heavy atom. The minimum atomic E-state index is -0.607. The van der Waals surface area contributed by atoms with Gasteiger partial charge in [0, 0.05) is 39.5 Å². The predicted molar refractivity (Wildman–Crippen MR) is 109 cm³/mol. The Hall–Kier alpha value is -2.12. The Bertz CT molecular complexity index is 688. The number of nitrogens with zero attached hydrogens (tertiary/aromatic N) is 2. The molecule has 1 aromatic rings. The van der Waals surface area contributed by atoms with Crippen molar-refractivity contribution >= 4 is 17.5 Å². The van der Waals surface area contributed by atoms with Crippen molar-refractivity contribution in [3.63, 3.8) is 0 Å². The lowest BCUT2D eigenvalue weighted by atomic mass is 9.96. The van der Waals surface area contributed by atoms with Gasteiger partial charge in [-0.1, -0.05) is 12.1 Å². The van der Waals surface area contributed by atoms with Crippen LogP contribution in [0.25, 0.3) is 0 Å². The van der Waals surface area contributed by atoms with Gasteiger partial charge >= 0.3 is 11.8 Å². The number of ether oxygens (including phenoxy) is 1. The molecule has 0 aromatic heterocycles.